The lowest BCUT2D eigenvalue weighted by Crippen LogP contribution is -2.35. The molecule has 1 aromatic heterocycles. The van der Waals surface area contributed by atoms with Crippen LogP contribution in [0.5, 0.6) is 0 Å². The zero-order chi connectivity index (χ0) is 17.2. The fraction of sp³-hybridized carbons (Fsp3) is 0.389. The van der Waals surface area contributed by atoms with Crippen LogP contribution in [-0.2, 0) is 23.0 Å². The highest BCUT2D eigenvalue weighted by molar-refractivity contribution is 7.89. The Hall–Kier alpha value is -1.92. The molecule has 1 aromatic carbocycles. The van der Waals surface area contributed by atoms with Gasteiger partial charge in [0, 0.05) is 25.6 Å². The van der Waals surface area contributed by atoms with Crippen LogP contribution in [0.2, 0.25) is 0 Å². The molecule has 0 aliphatic carbocycles. The van der Waals surface area contributed by atoms with Crippen molar-refractivity contribution < 1.29 is 13.4 Å². The van der Waals surface area contributed by atoms with Gasteiger partial charge in [0.15, 0.2) is 0 Å². The number of pyridine rings is 1. The van der Waals surface area contributed by atoms with Gasteiger partial charge in [-0.2, -0.15) is 4.31 Å². The summed E-state index contributed by atoms with van der Waals surface area (Å²) in [5.74, 6) is 0.947. The third-order valence-electron chi connectivity index (χ3n) is 4.58. The zero-order valence-electron chi connectivity index (χ0n) is 14.2. The molecule has 0 bridgehead atoms. The van der Waals surface area contributed by atoms with Gasteiger partial charge >= 0.3 is 0 Å². The molecule has 3 rings (SSSR count). The Balaban J connectivity index is 1.81. The van der Waals surface area contributed by atoms with Crippen molar-refractivity contribution in [1.82, 2.24) is 4.31 Å². The van der Waals surface area contributed by atoms with Gasteiger partial charge in [-0.1, -0.05) is 38.1 Å². The second-order valence-electron chi connectivity index (χ2n) is 5.94. The third-order valence-corrected chi connectivity index (χ3v) is 6.63. The summed E-state index contributed by atoms with van der Waals surface area (Å²) < 4.78 is 26.5. The Bertz CT molecular complexity index is 799. The predicted octanol–water partition coefficient (Wildman–Crippen LogP) is 2.09. The van der Waals surface area contributed by atoms with E-state index in [1.54, 1.807) is 12.3 Å². The van der Waals surface area contributed by atoms with Gasteiger partial charge in [0.25, 0.3) is 5.82 Å². The predicted molar refractivity (Wildman–Crippen MR) is 94.3 cm³/mol. The summed E-state index contributed by atoms with van der Waals surface area (Å²) in [5, 5.41) is 0. The van der Waals surface area contributed by atoms with Gasteiger partial charge in [-0.25, -0.2) is 13.4 Å². The first kappa shape index (κ1) is 16.9. The molecule has 0 radical (unpaired) electrons. The lowest BCUT2D eigenvalue weighted by atomic mass is 10.00. The van der Waals surface area contributed by atoms with E-state index >= 15 is 0 Å². The minimum absolute atomic E-state index is 0.312. The topological polar surface area (TPSA) is 54.8 Å². The highest BCUT2D eigenvalue weighted by Crippen LogP contribution is 2.22. The van der Waals surface area contributed by atoms with Crippen molar-refractivity contribution in [3.05, 3.63) is 53.7 Å². The molecule has 0 saturated carbocycles. The Morgan fingerprint density at radius 2 is 1.79 bits per heavy atom. The highest BCUT2D eigenvalue weighted by Gasteiger charge is 2.26. The monoisotopic (exact) mass is 346 g/mol. The van der Waals surface area contributed by atoms with E-state index in [2.05, 4.69) is 34.1 Å². The quantitative estimate of drug-likeness (QED) is 0.833. The Morgan fingerprint density at radius 1 is 1.08 bits per heavy atom. The molecule has 6 heteroatoms. The third kappa shape index (κ3) is 3.16. The van der Waals surface area contributed by atoms with Crippen molar-refractivity contribution in [3.63, 3.8) is 0 Å². The summed E-state index contributed by atoms with van der Waals surface area (Å²) in [6.07, 6.45) is 2.60. The zero-order valence-corrected chi connectivity index (χ0v) is 15.0. The number of sulfonamides is 1. The van der Waals surface area contributed by atoms with E-state index in [-0.39, 0.29) is 0 Å². The minimum Gasteiger partial charge on any atom is -0.257 e. The number of anilines is 1. The summed E-state index contributed by atoms with van der Waals surface area (Å²) in [6, 6.07) is 12.0. The van der Waals surface area contributed by atoms with E-state index in [1.165, 1.54) is 15.4 Å². The molecule has 2 aromatic rings. The van der Waals surface area contributed by atoms with Crippen molar-refractivity contribution >= 4 is 15.8 Å². The molecule has 2 heterocycles. The van der Waals surface area contributed by atoms with Crippen LogP contribution in [0.4, 0.5) is 5.82 Å². The smallest absolute Gasteiger partial charge is 0.257 e. The molecule has 1 aliphatic rings. The van der Waals surface area contributed by atoms with Crippen molar-refractivity contribution in [1.29, 1.82) is 0 Å². The van der Waals surface area contributed by atoms with Crippen molar-refractivity contribution in [2.45, 2.75) is 31.7 Å². The van der Waals surface area contributed by atoms with E-state index in [4.69, 9.17) is 0 Å². The van der Waals surface area contributed by atoms with Crippen LogP contribution < -0.4 is 9.88 Å². The van der Waals surface area contributed by atoms with Crippen LogP contribution in [0.3, 0.4) is 0 Å². The van der Waals surface area contributed by atoms with Gasteiger partial charge in [-0.05, 0) is 17.2 Å². The van der Waals surface area contributed by atoms with Crippen LogP contribution in [0.15, 0.2) is 47.5 Å². The van der Waals surface area contributed by atoms with Crippen molar-refractivity contribution in [2.24, 2.45) is 0 Å². The van der Waals surface area contributed by atoms with Gasteiger partial charge in [-0.3, -0.25) is 4.90 Å². The maximum atomic E-state index is 12.5. The average Bonchev–Trinajstić information content (AvgIpc) is 2.62. The highest BCUT2D eigenvalue weighted by atomic mass is 32.2. The number of H-pyrrole nitrogens is 1. The fourth-order valence-electron chi connectivity index (χ4n) is 3.17. The number of hydrogen-bond donors (Lipinski definition) is 0. The molecule has 0 unspecified atom stereocenters. The summed E-state index contributed by atoms with van der Waals surface area (Å²) in [7, 11) is -3.41. The molecule has 5 nitrogen and oxygen atoms in total. The number of nitrogens with zero attached hydrogens (tertiary/aromatic N) is 2. The van der Waals surface area contributed by atoms with Gasteiger partial charge in [0.05, 0.1) is 6.54 Å². The van der Waals surface area contributed by atoms with E-state index in [1.807, 2.05) is 19.9 Å². The molecule has 1 N–H and O–H groups in total. The van der Waals surface area contributed by atoms with Crippen molar-refractivity contribution in [3.8, 4) is 0 Å². The molecule has 0 atom stereocenters. The number of benzene rings is 1. The first-order valence-corrected chi connectivity index (χ1v) is 9.84. The second-order valence-corrected chi connectivity index (χ2v) is 7.88. The van der Waals surface area contributed by atoms with E-state index in [9.17, 15) is 8.42 Å². The lowest BCUT2D eigenvalue weighted by molar-refractivity contribution is -0.367. The first-order chi connectivity index (χ1) is 11.6. The normalized spacial score (nSPS) is 14.7. The average molecular weight is 346 g/mol. The van der Waals surface area contributed by atoms with Crippen LogP contribution in [0.1, 0.15) is 25.0 Å². The van der Waals surface area contributed by atoms with E-state index in [0.717, 1.165) is 25.3 Å². The van der Waals surface area contributed by atoms with E-state index < -0.39 is 10.0 Å². The molecule has 1 aliphatic heterocycles. The number of nitrogens with one attached hydrogen (secondary N) is 1. The minimum atomic E-state index is -3.41. The first-order valence-electron chi connectivity index (χ1n) is 8.40. The number of aromatic nitrogens is 1. The standard InChI is InChI=1S/C18H23N3O2S/c1-3-21(4-2)24(22,23)17-9-10-18(19-13-17)20-12-11-15-7-5-6-8-16(15)14-20/h5-10,13H,3-4,11-12,14H2,1-2H3/p+1. The lowest BCUT2D eigenvalue weighted by Gasteiger charge is -2.24. The molecule has 0 amide bonds. The number of rotatable bonds is 5. The van der Waals surface area contributed by atoms with Crippen LogP contribution in [0, 0.1) is 0 Å². The summed E-state index contributed by atoms with van der Waals surface area (Å²) >= 11 is 0. The molecule has 128 valence electrons. The number of hydrogen-bond acceptors (Lipinski definition) is 3. The van der Waals surface area contributed by atoms with E-state index in [0.29, 0.717) is 18.0 Å². The van der Waals surface area contributed by atoms with Gasteiger partial charge in [0.2, 0.25) is 10.0 Å². The van der Waals surface area contributed by atoms with Crippen LogP contribution in [-0.4, -0.2) is 32.4 Å². The fourth-order valence-corrected chi connectivity index (χ4v) is 4.60. The Kier molecular flexibility index (Phi) is 4.87. The molecule has 0 saturated heterocycles. The SMILES string of the molecule is CCN(CC)S(=O)(=O)c1ccc(N2CCc3ccccc3C2)[nH+]c1. The maximum absolute atomic E-state index is 12.5. The second kappa shape index (κ2) is 6.91. The van der Waals surface area contributed by atoms with Gasteiger partial charge in [0.1, 0.15) is 17.6 Å². The number of aromatic amines is 1. The van der Waals surface area contributed by atoms with Crippen LogP contribution in [0.25, 0.3) is 0 Å². The Morgan fingerprint density at radius 3 is 2.42 bits per heavy atom. The summed E-state index contributed by atoms with van der Waals surface area (Å²) in [5.41, 5.74) is 2.73. The van der Waals surface area contributed by atoms with Gasteiger partial charge in [-0.15, -0.1) is 0 Å². The largest absolute Gasteiger partial charge is 0.274 e. The molecular formula is C18H24N3O2S+. The van der Waals surface area contributed by atoms with Crippen LogP contribution >= 0.6 is 0 Å². The van der Waals surface area contributed by atoms with Gasteiger partial charge < -0.3 is 0 Å². The van der Waals surface area contributed by atoms with Crippen molar-refractivity contribution in [2.75, 3.05) is 24.5 Å². The number of fused-ring (bicyclic) bond motifs is 1. The molecule has 0 fully saturated rings. The summed E-state index contributed by atoms with van der Waals surface area (Å²) in [4.78, 5) is 5.73. The molecule has 24 heavy (non-hydrogen) atoms. The maximum Gasteiger partial charge on any atom is 0.274 e. The molecule has 0 spiro atoms. The summed E-state index contributed by atoms with van der Waals surface area (Å²) in [6.45, 7) is 6.42. The molecular weight excluding hydrogens is 322 g/mol. The Labute approximate surface area is 144 Å².